The molecule has 2 aliphatic rings. The summed E-state index contributed by atoms with van der Waals surface area (Å²) in [5, 5.41) is 2.89. The van der Waals surface area contributed by atoms with E-state index in [1.165, 1.54) is 0 Å². The molecule has 0 unspecified atom stereocenters. The van der Waals surface area contributed by atoms with Crippen molar-refractivity contribution in [2.75, 3.05) is 43.9 Å². The van der Waals surface area contributed by atoms with Gasteiger partial charge in [0.1, 0.15) is 0 Å². The van der Waals surface area contributed by atoms with Gasteiger partial charge in [-0.25, -0.2) is 0 Å². The maximum Gasteiger partial charge on any atom is 0.239 e. The number of rotatable bonds is 5. The van der Waals surface area contributed by atoms with Crippen molar-refractivity contribution in [3.8, 4) is 0 Å². The highest BCUT2D eigenvalue weighted by Crippen LogP contribution is 2.24. The number of anilines is 2. The molecule has 2 aliphatic heterocycles. The molecule has 26 heavy (non-hydrogen) atoms. The highest BCUT2D eigenvalue weighted by molar-refractivity contribution is 5.97. The van der Waals surface area contributed by atoms with Crippen LogP contribution in [-0.2, 0) is 14.4 Å². The molecule has 0 radical (unpaired) electrons. The quantitative estimate of drug-likeness (QED) is 0.861. The van der Waals surface area contributed by atoms with Gasteiger partial charge in [-0.3, -0.25) is 19.3 Å². The number of nitrogens with zero attached hydrogens (tertiary/aromatic N) is 3. The normalized spacial score (nSPS) is 20.5. The number of carbonyl (C=O) groups is 3. The van der Waals surface area contributed by atoms with E-state index in [1.54, 1.807) is 23.9 Å². The first-order valence-corrected chi connectivity index (χ1v) is 9.11. The lowest BCUT2D eigenvalue weighted by Gasteiger charge is -2.25. The Labute approximate surface area is 153 Å². The van der Waals surface area contributed by atoms with Crippen LogP contribution in [0.1, 0.15) is 25.7 Å². The number of carbonyl (C=O) groups excluding carboxylic acids is 3. The fourth-order valence-corrected chi connectivity index (χ4v) is 3.65. The van der Waals surface area contributed by atoms with E-state index < -0.39 is 0 Å². The predicted molar refractivity (Wildman–Crippen MR) is 99.9 cm³/mol. The van der Waals surface area contributed by atoms with E-state index in [4.69, 9.17) is 0 Å². The van der Waals surface area contributed by atoms with Gasteiger partial charge in [-0.1, -0.05) is 6.07 Å². The minimum Gasteiger partial charge on any atom is -0.347 e. The second-order valence-corrected chi connectivity index (χ2v) is 7.11. The molecule has 1 N–H and O–H groups in total. The minimum atomic E-state index is -0.218. The first-order valence-electron chi connectivity index (χ1n) is 9.11. The van der Waals surface area contributed by atoms with Crippen LogP contribution in [-0.4, -0.2) is 67.3 Å². The van der Waals surface area contributed by atoms with Gasteiger partial charge in [0.05, 0.1) is 12.6 Å². The molecule has 3 rings (SSSR count). The summed E-state index contributed by atoms with van der Waals surface area (Å²) in [7, 11) is 3.48. The predicted octanol–water partition coefficient (Wildman–Crippen LogP) is 1.30. The van der Waals surface area contributed by atoms with Crippen molar-refractivity contribution in [2.45, 2.75) is 31.7 Å². The summed E-state index contributed by atoms with van der Waals surface area (Å²) in [6, 6.07) is 7.14. The van der Waals surface area contributed by atoms with Crippen LogP contribution in [0.25, 0.3) is 0 Å². The van der Waals surface area contributed by atoms with Crippen molar-refractivity contribution in [1.82, 2.24) is 9.80 Å². The van der Waals surface area contributed by atoms with Crippen LogP contribution >= 0.6 is 0 Å². The fraction of sp³-hybridized carbons (Fsp3) is 0.526. The molecular weight excluding hydrogens is 332 g/mol. The van der Waals surface area contributed by atoms with Crippen LogP contribution in [0.2, 0.25) is 0 Å². The zero-order valence-electron chi connectivity index (χ0n) is 15.4. The van der Waals surface area contributed by atoms with Crippen LogP contribution in [0.3, 0.4) is 0 Å². The molecule has 140 valence electrons. The van der Waals surface area contributed by atoms with E-state index in [1.807, 2.05) is 29.2 Å². The molecule has 2 heterocycles. The highest BCUT2D eigenvalue weighted by Gasteiger charge is 2.32. The molecule has 0 aromatic heterocycles. The lowest BCUT2D eigenvalue weighted by Crippen LogP contribution is -2.45. The third kappa shape index (κ3) is 4.04. The lowest BCUT2D eigenvalue weighted by atomic mass is 10.2. The Hall–Kier alpha value is -2.41. The van der Waals surface area contributed by atoms with Crippen LogP contribution in [0.4, 0.5) is 11.4 Å². The second-order valence-electron chi connectivity index (χ2n) is 7.11. The molecule has 0 aliphatic carbocycles. The van der Waals surface area contributed by atoms with E-state index in [0.717, 1.165) is 38.0 Å². The van der Waals surface area contributed by atoms with Crippen molar-refractivity contribution in [2.24, 2.45) is 0 Å². The molecule has 2 saturated heterocycles. The second kappa shape index (κ2) is 7.86. The molecule has 0 spiro atoms. The highest BCUT2D eigenvalue weighted by atomic mass is 16.2. The van der Waals surface area contributed by atoms with Gasteiger partial charge in [0, 0.05) is 38.4 Å². The molecule has 2 fully saturated rings. The Kier molecular flexibility index (Phi) is 5.56. The Bertz CT molecular complexity index is 704. The van der Waals surface area contributed by atoms with E-state index in [9.17, 15) is 14.4 Å². The minimum absolute atomic E-state index is 0.0462. The van der Waals surface area contributed by atoms with E-state index in [-0.39, 0.29) is 30.3 Å². The number of likely N-dealkylation sites (tertiary alicyclic amines) is 1. The maximum atomic E-state index is 12.4. The lowest BCUT2D eigenvalue weighted by molar-refractivity contribution is -0.134. The van der Waals surface area contributed by atoms with Crippen molar-refractivity contribution < 1.29 is 14.4 Å². The molecule has 0 saturated carbocycles. The molecule has 1 aromatic carbocycles. The van der Waals surface area contributed by atoms with Gasteiger partial charge in [-0.05, 0) is 44.0 Å². The van der Waals surface area contributed by atoms with Crippen molar-refractivity contribution in [3.63, 3.8) is 0 Å². The van der Waals surface area contributed by atoms with Crippen LogP contribution in [0, 0.1) is 0 Å². The molecule has 1 aromatic rings. The monoisotopic (exact) mass is 358 g/mol. The third-order valence-electron chi connectivity index (χ3n) is 4.95. The standard InChI is InChI=1S/C19H26N4O3/c1-21(2)19(26)16-8-4-10-22(16)13-17(24)20-14-6-3-7-15(12-14)23-11-5-9-18(23)25/h3,6-7,12,16H,4-5,8-11,13H2,1-2H3,(H,20,24)/t16-/m0/s1. The summed E-state index contributed by atoms with van der Waals surface area (Å²) in [5.74, 6) is 0.0220. The van der Waals surface area contributed by atoms with Gasteiger partial charge < -0.3 is 15.1 Å². The Morgan fingerprint density at radius 1 is 1.23 bits per heavy atom. The zero-order chi connectivity index (χ0) is 18.7. The number of hydrogen-bond donors (Lipinski definition) is 1. The summed E-state index contributed by atoms with van der Waals surface area (Å²) in [5.41, 5.74) is 1.48. The van der Waals surface area contributed by atoms with E-state index in [2.05, 4.69) is 5.32 Å². The number of hydrogen-bond acceptors (Lipinski definition) is 4. The average Bonchev–Trinajstić information content (AvgIpc) is 3.23. The van der Waals surface area contributed by atoms with Crippen LogP contribution in [0.15, 0.2) is 24.3 Å². The molecular formula is C19H26N4O3. The fourth-order valence-electron chi connectivity index (χ4n) is 3.65. The van der Waals surface area contributed by atoms with E-state index >= 15 is 0 Å². The molecule has 0 bridgehead atoms. The number of amides is 3. The van der Waals surface area contributed by atoms with Gasteiger partial charge in [0.25, 0.3) is 0 Å². The maximum absolute atomic E-state index is 12.4. The smallest absolute Gasteiger partial charge is 0.239 e. The van der Waals surface area contributed by atoms with Gasteiger partial charge in [-0.2, -0.15) is 0 Å². The number of likely N-dealkylation sites (N-methyl/N-ethyl adjacent to an activating group) is 1. The summed E-state index contributed by atoms with van der Waals surface area (Å²) in [4.78, 5) is 41.8. The Morgan fingerprint density at radius 2 is 2.04 bits per heavy atom. The average molecular weight is 358 g/mol. The summed E-state index contributed by atoms with van der Waals surface area (Å²) < 4.78 is 0. The molecule has 7 nitrogen and oxygen atoms in total. The van der Waals surface area contributed by atoms with Crippen LogP contribution in [0.5, 0.6) is 0 Å². The Morgan fingerprint density at radius 3 is 2.73 bits per heavy atom. The first kappa shape index (κ1) is 18.4. The molecule has 1 atom stereocenters. The third-order valence-corrected chi connectivity index (χ3v) is 4.95. The van der Waals surface area contributed by atoms with Crippen molar-refractivity contribution >= 4 is 29.1 Å². The Balaban J connectivity index is 1.61. The SMILES string of the molecule is CN(C)C(=O)[C@@H]1CCCN1CC(=O)Nc1cccc(N2CCCC2=O)c1. The molecule has 7 heteroatoms. The summed E-state index contributed by atoms with van der Waals surface area (Å²) in [6.07, 6.45) is 3.15. The van der Waals surface area contributed by atoms with Crippen molar-refractivity contribution in [1.29, 1.82) is 0 Å². The number of nitrogens with one attached hydrogen (secondary N) is 1. The first-order chi connectivity index (χ1) is 12.5. The molecule has 3 amide bonds. The summed E-state index contributed by atoms with van der Waals surface area (Å²) >= 11 is 0. The topological polar surface area (TPSA) is 73.0 Å². The summed E-state index contributed by atoms with van der Waals surface area (Å²) in [6.45, 7) is 1.66. The zero-order valence-corrected chi connectivity index (χ0v) is 15.4. The van der Waals surface area contributed by atoms with Gasteiger partial charge in [0.2, 0.25) is 17.7 Å². The van der Waals surface area contributed by atoms with E-state index in [0.29, 0.717) is 12.1 Å². The van der Waals surface area contributed by atoms with Gasteiger partial charge in [0.15, 0.2) is 0 Å². The van der Waals surface area contributed by atoms with Gasteiger partial charge >= 0.3 is 0 Å². The van der Waals surface area contributed by atoms with Gasteiger partial charge in [-0.15, -0.1) is 0 Å². The van der Waals surface area contributed by atoms with Crippen LogP contribution < -0.4 is 10.2 Å². The number of benzene rings is 1. The van der Waals surface area contributed by atoms with Crippen molar-refractivity contribution in [3.05, 3.63) is 24.3 Å². The largest absolute Gasteiger partial charge is 0.347 e.